The quantitative estimate of drug-likeness (QED) is 0.384. The highest BCUT2D eigenvalue weighted by molar-refractivity contribution is 5.85. The molecule has 1 rings (SSSR count). The van der Waals surface area contributed by atoms with Gasteiger partial charge in [-0.1, -0.05) is 0 Å². The summed E-state index contributed by atoms with van der Waals surface area (Å²) in [6, 6.07) is -1.88. The number of carbonyl (C=O) groups is 3. The number of likely N-dealkylation sites (tertiary alicyclic amines) is 1. The lowest BCUT2D eigenvalue weighted by Gasteiger charge is -2.33. The smallest absolute Gasteiger partial charge is 0.408 e. The Hall–Kier alpha value is -2.31. The van der Waals surface area contributed by atoms with Crippen LogP contribution in [-0.2, 0) is 19.1 Å². The predicted molar refractivity (Wildman–Crippen MR) is 116 cm³/mol. The molecule has 9 heteroatoms. The fourth-order valence-electron chi connectivity index (χ4n) is 3.28. The van der Waals surface area contributed by atoms with Gasteiger partial charge < -0.3 is 25.2 Å². The summed E-state index contributed by atoms with van der Waals surface area (Å²) in [6.07, 6.45) is 6.51. The van der Waals surface area contributed by atoms with Crippen LogP contribution in [0.25, 0.3) is 0 Å². The van der Waals surface area contributed by atoms with Gasteiger partial charge in [0.05, 0.1) is 6.61 Å². The van der Waals surface area contributed by atoms with Gasteiger partial charge in [0.1, 0.15) is 23.3 Å². The number of hydrogen-bond acceptors (Lipinski definition) is 7. The first-order valence-corrected chi connectivity index (χ1v) is 10.6. The molecule has 1 aliphatic heterocycles. The number of nitrogens with one attached hydrogen (secondary N) is 2. The third kappa shape index (κ3) is 9.57. The maximum atomic E-state index is 12.6. The van der Waals surface area contributed by atoms with E-state index in [2.05, 4.69) is 16.6 Å². The lowest BCUT2D eigenvalue weighted by Crippen LogP contribution is -2.54. The molecule has 2 amide bonds. The second-order valence-corrected chi connectivity index (χ2v) is 9.62. The maximum Gasteiger partial charge on any atom is 0.408 e. The van der Waals surface area contributed by atoms with E-state index in [-0.39, 0.29) is 18.6 Å². The first-order chi connectivity index (χ1) is 14.3. The van der Waals surface area contributed by atoms with Crippen LogP contribution in [0.1, 0.15) is 60.8 Å². The van der Waals surface area contributed by atoms with Gasteiger partial charge in [0.2, 0.25) is 5.91 Å². The van der Waals surface area contributed by atoms with Crippen molar-refractivity contribution in [3.8, 4) is 12.3 Å². The second-order valence-electron chi connectivity index (χ2n) is 9.62. The maximum absolute atomic E-state index is 12.6. The number of esters is 1. The first-order valence-electron chi connectivity index (χ1n) is 10.6. The van der Waals surface area contributed by atoms with Crippen molar-refractivity contribution in [2.75, 3.05) is 19.7 Å². The molecule has 0 bridgehead atoms. The van der Waals surface area contributed by atoms with E-state index in [9.17, 15) is 19.5 Å². The van der Waals surface area contributed by atoms with Crippen LogP contribution in [0, 0.1) is 12.3 Å². The monoisotopic (exact) mass is 439 g/mol. The summed E-state index contributed by atoms with van der Waals surface area (Å²) in [5.74, 6) is 1.72. The molecule has 0 spiro atoms. The standard InChI is InChI=1S/C22H37N3O6/c1-8-10-15(25-12-9-11-17(25)19(28)30-21(2,3)4)13-23-18(27)16(14-26)24-20(29)31-22(5,6)7/h1,15-17,26H,9-14H2,2-7H3,(H,23,27)(H,24,29)/t15-,16+,17+/m1/s1. The topological polar surface area (TPSA) is 117 Å². The number of terminal acetylenes is 1. The van der Waals surface area contributed by atoms with Gasteiger partial charge in [0.25, 0.3) is 0 Å². The van der Waals surface area contributed by atoms with Gasteiger partial charge in [0.15, 0.2) is 0 Å². The number of amides is 2. The molecule has 176 valence electrons. The van der Waals surface area contributed by atoms with Crippen LogP contribution in [0.15, 0.2) is 0 Å². The number of aliphatic hydroxyl groups excluding tert-OH is 1. The number of aliphatic hydroxyl groups is 1. The number of carbonyl (C=O) groups excluding carboxylic acids is 3. The van der Waals surface area contributed by atoms with Gasteiger partial charge in [-0.3, -0.25) is 14.5 Å². The van der Waals surface area contributed by atoms with Crippen molar-refractivity contribution in [2.45, 2.75) is 90.1 Å². The molecule has 1 heterocycles. The van der Waals surface area contributed by atoms with E-state index in [1.54, 1.807) is 20.8 Å². The van der Waals surface area contributed by atoms with Gasteiger partial charge >= 0.3 is 12.1 Å². The summed E-state index contributed by atoms with van der Waals surface area (Å²) >= 11 is 0. The van der Waals surface area contributed by atoms with Gasteiger partial charge in [0, 0.05) is 19.0 Å². The minimum Gasteiger partial charge on any atom is -0.459 e. The minimum atomic E-state index is -1.17. The second kappa shape index (κ2) is 11.3. The molecule has 0 aromatic rings. The average Bonchev–Trinajstić information content (AvgIpc) is 3.09. The number of nitrogens with zero attached hydrogens (tertiary/aromatic N) is 1. The van der Waals surface area contributed by atoms with Gasteiger partial charge in [-0.2, -0.15) is 0 Å². The molecule has 0 unspecified atom stereocenters. The van der Waals surface area contributed by atoms with Crippen molar-refractivity contribution in [3.05, 3.63) is 0 Å². The summed E-state index contributed by atoms with van der Waals surface area (Å²) in [6.45, 7) is 10.8. The molecule has 0 aromatic heterocycles. The Morgan fingerprint density at radius 3 is 2.29 bits per heavy atom. The molecule has 0 aliphatic carbocycles. The summed E-state index contributed by atoms with van der Waals surface area (Å²) in [5.41, 5.74) is -1.33. The van der Waals surface area contributed by atoms with E-state index in [0.717, 1.165) is 6.42 Å². The van der Waals surface area contributed by atoms with E-state index in [4.69, 9.17) is 15.9 Å². The molecule has 0 aromatic carbocycles. The van der Waals surface area contributed by atoms with Crippen LogP contribution in [0.2, 0.25) is 0 Å². The zero-order valence-electron chi connectivity index (χ0n) is 19.5. The molecule has 31 heavy (non-hydrogen) atoms. The van der Waals surface area contributed by atoms with E-state index in [0.29, 0.717) is 19.4 Å². The Labute approximate surface area is 185 Å². The molecule has 9 nitrogen and oxygen atoms in total. The van der Waals surface area contributed by atoms with Crippen molar-refractivity contribution < 1.29 is 29.0 Å². The lowest BCUT2D eigenvalue weighted by atomic mass is 10.1. The minimum absolute atomic E-state index is 0.162. The van der Waals surface area contributed by atoms with Gasteiger partial charge in [-0.05, 0) is 60.9 Å². The predicted octanol–water partition coefficient (Wildman–Crippen LogP) is 1.19. The van der Waals surface area contributed by atoms with Crippen LogP contribution >= 0.6 is 0 Å². The third-order valence-electron chi connectivity index (χ3n) is 4.50. The first kappa shape index (κ1) is 26.7. The SMILES string of the molecule is C#CC[C@H](CNC(=O)[C@H](CO)NC(=O)OC(C)(C)C)N1CCC[C@H]1C(=O)OC(C)(C)C. The molecular weight excluding hydrogens is 402 g/mol. The summed E-state index contributed by atoms with van der Waals surface area (Å²) in [5, 5.41) is 14.6. The summed E-state index contributed by atoms with van der Waals surface area (Å²) < 4.78 is 10.6. The molecule has 1 fully saturated rings. The van der Waals surface area contributed by atoms with Crippen molar-refractivity contribution in [1.29, 1.82) is 0 Å². The summed E-state index contributed by atoms with van der Waals surface area (Å²) in [7, 11) is 0. The Bertz CT molecular complexity index is 674. The number of ether oxygens (including phenoxy) is 2. The number of hydrogen-bond donors (Lipinski definition) is 3. The van der Waals surface area contributed by atoms with Crippen molar-refractivity contribution >= 4 is 18.0 Å². The zero-order valence-corrected chi connectivity index (χ0v) is 19.5. The van der Waals surface area contributed by atoms with Crippen LogP contribution in [0.4, 0.5) is 4.79 Å². The number of alkyl carbamates (subject to hydrolysis) is 1. The van der Waals surface area contributed by atoms with E-state index >= 15 is 0 Å². The van der Waals surface area contributed by atoms with Gasteiger partial charge in [-0.25, -0.2) is 4.79 Å². The van der Waals surface area contributed by atoms with Crippen LogP contribution in [0.3, 0.4) is 0 Å². The van der Waals surface area contributed by atoms with Crippen molar-refractivity contribution in [3.63, 3.8) is 0 Å². The Morgan fingerprint density at radius 2 is 1.77 bits per heavy atom. The highest BCUT2D eigenvalue weighted by atomic mass is 16.6. The van der Waals surface area contributed by atoms with Gasteiger partial charge in [-0.15, -0.1) is 12.3 Å². The molecular formula is C22H37N3O6. The molecule has 0 saturated carbocycles. The van der Waals surface area contributed by atoms with E-state index in [1.165, 1.54) is 0 Å². The third-order valence-corrected chi connectivity index (χ3v) is 4.50. The molecule has 3 atom stereocenters. The van der Waals surface area contributed by atoms with E-state index < -0.39 is 41.9 Å². The Morgan fingerprint density at radius 1 is 1.16 bits per heavy atom. The molecule has 0 radical (unpaired) electrons. The fourth-order valence-corrected chi connectivity index (χ4v) is 3.28. The highest BCUT2D eigenvalue weighted by Gasteiger charge is 2.38. The largest absolute Gasteiger partial charge is 0.459 e. The molecule has 1 saturated heterocycles. The Balaban J connectivity index is 2.75. The normalized spacial score (nSPS) is 19.1. The highest BCUT2D eigenvalue weighted by Crippen LogP contribution is 2.24. The van der Waals surface area contributed by atoms with Crippen LogP contribution in [0.5, 0.6) is 0 Å². The Kier molecular flexibility index (Phi) is 9.78. The summed E-state index contributed by atoms with van der Waals surface area (Å²) in [4.78, 5) is 39.0. The zero-order chi connectivity index (χ0) is 23.8. The lowest BCUT2D eigenvalue weighted by molar-refractivity contribution is -0.161. The van der Waals surface area contributed by atoms with Crippen molar-refractivity contribution in [2.24, 2.45) is 0 Å². The number of rotatable bonds is 8. The van der Waals surface area contributed by atoms with E-state index in [1.807, 2.05) is 25.7 Å². The molecule has 3 N–H and O–H groups in total. The molecule has 1 aliphatic rings. The van der Waals surface area contributed by atoms with Crippen LogP contribution in [-0.4, -0.2) is 77.0 Å². The fraction of sp³-hybridized carbons (Fsp3) is 0.773. The van der Waals surface area contributed by atoms with Crippen LogP contribution < -0.4 is 10.6 Å². The van der Waals surface area contributed by atoms with Crippen molar-refractivity contribution in [1.82, 2.24) is 15.5 Å². The average molecular weight is 440 g/mol.